The Morgan fingerprint density at radius 1 is 1.18 bits per heavy atom. The average molecular weight is 382 g/mol. The first kappa shape index (κ1) is 19.4. The molecule has 1 aliphatic heterocycles. The predicted molar refractivity (Wildman–Crippen MR) is 103 cm³/mol. The Hall–Kier alpha value is -3.35. The van der Waals surface area contributed by atoms with Gasteiger partial charge in [0.2, 0.25) is 0 Å². The minimum atomic E-state index is -0.770. The number of aromatic hydroxyl groups is 1. The number of amides is 1. The molecule has 2 N–H and O–H groups in total. The molecule has 2 aromatic rings. The van der Waals surface area contributed by atoms with Gasteiger partial charge < -0.3 is 19.8 Å². The van der Waals surface area contributed by atoms with Gasteiger partial charge in [-0.15, -0.1) is 0 Å². The second-order valence-corrected chi connectivity index (χ2v) is 6.39. The zero-order valence-corrected chi connectivity index (χ0v) is 15.8. The average Bonchev–Trinajstić information content (AvgIpc) is 2.95. The highest BCUT2D eigenvalue weighted by molar-refractivity contribution is 6.46. The summed E-state index contributed by atoms with van der Waals surface area (Å²) in [6.45, 7) is 4.40. The zero-order chi connectivity index (χ0) is 20.3. The zero-order valence-electron chi connectivity index (χ0n) is 15.8. The van der Waals surface area contributed by atoms with Crippen LogP contribution in [-0.4, -0.2) is 44.9 Å². The molecule has 7 heteroatoms. The number of ketones is 1. The summed E-state index contributed by atoms with van der Waals surface area (Å²) in [5.74, 6) is -1.43. The number of aromatic nitrogens is 1. The summed E-state index contributed by atoms with van der Waals surface area (Å²) in [5.41, 5.74) is 0.987. The number of phenols is 1. The van der Waals surface area contributed by atoms with Crippen LogP contribution in [0.15, 0.2) is 48.3 Å². The molecule has 1 amide bonds. The fourth-order valence-corrected chi connectivity index (χ4v) is 3.34. The van der Waals surface area contributed by atoms with Crippen LogP contribution in [0.5, 0.6) is 11.5 Å². The molecule has 1 unspecified atom stereocenters. The molecule has 1 atom stereocenters. The Morgan fingerprint density at radius 2 is 1.89 bits per heavy atom. The number of hydrogen-bond acceptors (Lipinski definition) is 6. The maximum atomic E-state index is 12.8. The highest BCUT2D eigenvalue weighted by atomic mass is 16.5. The van der Waals surface area contributed by atoms with Crippen LogP contribution in [-0.2, 0) is 9.59 Å². The Morgan fingerprint density at radius 3 is 2.54 bits per heavy atom. The van der Waals surface area contributed by atoms with Gasteiger partial charge in [0.25, 0.3) is 11.7 Å². The molecule has 1 saturated heterocycles. The molecule has 28 heavy (non-hydrogen) atoms. The molecule has 0 spiro atoms. The number of rotatable bonds is 6. The van der Waals surface area contributed by atoms with E-state index in [2.05, 4.69) is 4.98 Å². The van der Waals surface area contributed by atoms with Crippen molar-refractivity contribution in [2.75, 3.05) is 13.2 Å². The Labute approximate surface area is 162 Å². The summed E-state index contributed by atoms with van der Waals surface area (Å²) in [5, 5.41) is 20.8. The number of Topliss-reactive ketones (excluding diaryl/α,β-unsaturated/α-hetero) is 1. The van der Waals surface area contributed by atoms with E-state index in [0.717, 1.165) is 0 Å². The van der Waals surface area contributed by atoms with Crippen LogP contribution in [0.2, 0.25) is 0 Å². The van der Waals surface area contributed by atoms with Gasteiger partial charge in [0.1, 0.15) is 5.76 Å². The van der Waals surface area contributed by atoms with Crippen molar-refractivity contribution in [3.8, 4) is 11.5 Å². The quantitative estimate of drug-likeness (QED) is 0.453. The number of hydrogen-bond donors (Lipinski definition) is 2. The van der Waals surface area contributed by atoms with Crippen LogP contribution < -0.4 is 4.74 Å². The number of carbonyl (C=O) groups excluding carboxylic acids is 2. The summed E-state index contributed by atoms with van der Waals surface area (Å²) >= 11 is 0. The second kappa shape index (κ2) is 8.12. The molecule has 146 valence electrons. The Balaban J connectivity index is 2.19. The fourth-order valence-electron chi connectivity index (χ4n) is 3.34. The van der Waals surface area contributed by atoms with Crippen LogP contribution in [0.3, 0.4) is 0 Å². The van der Waals surface area contributed by atoms with E-state index in [1.807, 2.05) is 6.92 Å². The summed E-state index contributed by atoms with van der Waals surface area (Å²) in [4.78, 5) is 30.8. The lowest BCUT2D eigenvalue weighted by atomic mass is 9.95. The molecule has 3 rings (SSSR count). The van der Waals surface area contributed by atoms with Crippen molar-refractivity contribution in [3.63, 3.8) is 0 Å². The van der Waals surface area contributed by atoms with Gasteiger partial charge in [-0.3, -0.25) is 14.6 Å². The summed E-state index contributed by atoms with van der Waals surface area (Å²) in [6.07, 6.45) is 3.65. The van der Waals surface area contributed by atoms with Crippen molar-refractivity contribution < 1.29 is 24.5 Å². The summed E-state index contributed by atoms with van der Waals surface area (Å²) < 4.78 is 5.44. The lowest BCUT2D eigenvalue weighted by molar-refractivity contribution is -0.139. The van der Waals surface area contributed by atoms with Crippen molar-refractivity contribution in [1.82, 2.24) is 9.88 Å². The molecule has 0 bridgehead atoms. The molecular formula is C21H22N2O5. The van der Waals surface area contributed by atoms with E-state index < -0.39 is 17.7 Å². The van der Waals surface area contributed by atoms with Gasteiger partial charge in [-0.05, 0) is 43.2 Å². The SMILES string of the molecule is CCCN1C(=O)C(=O)/C(=C(\O)c2ccncc2)C1c1ccc(O)c(OCC)c1. The topological polar surface area (TPSA) is 100.0 Å². The minimum Gasteiger partial charge on any atom is -0.507 e. The number of benzene rings is 1. The summed E-state index contributed by atoms with van der Waals surface area (Å²) in [6, 6.07) is 7.05. The van der Waals surface area contributed by atoms with Gasteiger partial charge in [0, 0.05) is 24.5 Å². The van der Waals surface area contributed by atoms with Crippen LogP contribution in [0.25, 0.3) is 5.76 Å². The van der Waals surface area contributed by atoms with Crippen molar-refractivity contribution in [3.05, 3.63) is 59.4 Å². The number of nitrogens with zero attached hydrogens (tertiary/aromatic N) is 2. The van der Waals surface area contributed by atoms with Gasteiger partial charge in [-0.1, -0.05) is 13.0 Å². The third-order valence-electron chi connectivity index (χ3n) is 4.56. The van der Waals surface area contributed by atoms with Crippen LogP contribution in [0.1, 0.15) is 37.4 Å². The third-order valence-corrected chi connectivity index (χ3v) is 4.56. The lowest BCUT2D eigenvalue weighted by Gasteiger charge is -2.25. The number of phenolic OH excluding ortho intramolecular Hbond substituents is 1. The maximum absolute atomic E-state index is 12.8. The van der Waals surface area contributed by atoms with Crippen molar-refractivity contribution in [2.45, 2.75) is 26.3 Å². The molecule has 2 heterocycles. The van der Waals surface area contributed by atoms with Crippen molar-refractivity contribution >= 4 is 17.4 Å². The molecule has 1 aromatic carbocycles. The van der Waals surface area contributed by atoms with E-state index in [9.17, 15) is 19.8 Å². The predicted octanol–water partition coefficient (Wildman–Crippen LogP) is 3.02. The first-order valence-corrected chi connectivity index (χ1v) is 9.14. The smallest absolute Gasteiger partial charge is 0.295 e. The molecule has 0 aliphatic carbocycles. The lowest BCUT2D eigenvalue weighted by Crippen LogP contribution is -2.30. The molecule has 1 aliphatic rings. The first-order chi connectivity index (χ1) is 13.5. The van der Waals surface area contributed by atoms with Gasteiger partial charge in [-0.2, -0.15) is 0 Å². The molecule has 0 radical (unpaired) electrons. The van der Waals surface area contributed by atoms with Gasteiger partial charge in [-0.25, -0.2) is 0 Å². The van der Waals surface area contributed by atoms with Gasteiger partial charge in [0.15, 0.2) is 11.5 Å². The minimum absolute atomic E-state index is 0.0118. The Kier molecular flexibility index (Phi) is 5.63. The van der Waals surface area contributed by atoms with Crippen molar-refractivity contribution in [1.29, 1.82) is 0 Å². The number of likely N-dealkylation sites (tertiary alicyclic amines) is 1. The largest absolute Gasteiger partial charge is 0.507 e. The summed E-state index contributed by atoms with van der Waals surface area (Å²) in [7, 11) is 0. The molecule has 7 nitrogen and oxygen atoms in total. The Bertz CT molecular complexity index is 924. The third kappa shape index (κ3) is 3.43. The molecular weight excluding hydrogens is 360 g/mol. The molecule has 1 aromatic heterocycles. The first-order valence-electron chi connectivity index (χ1n) is 9.14. The highest BCUT2D eigenvalue weighted by Crippen LogP contribution is 2.41. The van der Waals surface area contributed by atoms with Crippen LogP contribution >= 0.6 is 0 Å². The van der Waals surface area contributed by atoms with Gasteiger partial charge >= 0.3 is 0 Å². The fraction of sp³-hybridized carbons (Fsp3) is 0.286. The number of pyridine rings is 1. The number of ether oxygens (including phenoxy) is 1. The molecule has 0 saturated carbocycles. The van der Waals surface area contributed by atoms with E-state index in [1.165, 1.54) is 23.4 Å². The molecule has 1 fully saturated rings. The van der Waals surface area contributed by atoms with E-state index >= 15 is 0 Å². The van der Waals surface area contributed by atoms with E-state index in [1.54, 1.807) is 31.2 Å². The van der Waals surface area contributed by atoms with Crippen molar-refractivity contribution in [2.24, 2.45) is 0 Å². The van der Waals surface area contributed by atoms with Gasteiger partial charge in [0.05, 0.1) is 18.2 Å². The number of carbonyl (C=O) groups is 2. The van der Waals surface area contributed by atoms with E-state index in [-0.39, 0.29) is 22.8 Å². The monoisotopic (exact) mass is 382 g/mol. The van der Waals surface area contributed by atoms with E-state index in [4.69, 9.17) is 4.74 Å². The highest BCUT2D eigenvalue weighted by Gasteiger charge is 2.45. The number of aliphatic hydroxyl groups is 1. The maximum Gasteiger partial charge on any atom is 0.295 e. The standard InChI is InChI=1S/C21H22N2O5/c1-3-11-23-18(14-5-6-15(24)16(12-14)28-4-2)17(20(26)21(23)27)19(25)13-7-9-22-10-8-13/h5-10,12,18,24-25H,3-4,11H2,1-2H3/b19-17-. The number of aliphatic hydroxyl groups excluding tert-OH is 1. The van der Waals surface area contributed by atoms with E-state index in [0.29, 0.717) is 30.7 Å². The van der Waals surface area contributed by atoms with Crippen LogP contribution in [0, 0.1) is 0 Å². The van der Waals surface area contributed by atoms with Crippen LogP contribution in [0.4, 0.5) is 0 Å². The second-order valence-electron chi connectivity index (χ2n) is 6.39. The normalized spacial score (nSPS) is 18.5.